The third kappa shape index (κ3) is 4.69. The third-order valence-electron chi connectivity index (χ3n) is 2.54. The number of benzene rings is 1. The van der Waals surface area contributed by atoms with Gasteiger partial charge in [-0.25, -0.2) is 4.79 Å². The van der Waals surface area contributed by atoms with Crippen LogP contribution in [0, 0.1) is 0 Å². The Morgan fingerprint density at radius 2 is 1.90 bits per heavy atom. The van der Waals surface area contributed by atoms with E-state index >= 15 is 0 Å². The Labute approximate surface area is 115 Å². The molecule has 7 heteroatoms. The first-order valence-electron chi connectivity index (χ1n) is 5.84. The second kappa shape index (κ2) is 7.25. The first-order chi connectivity index (χ1) is 9.43. The highest BCUT2D eigenvalue weighted by Crippen LogP contribution is 2.06. The highest BCUT2D eigenvalue weighted by molar-refractivity contribution is 5.97. The molecule has 0 radical (unpaired) electrons. The van der Waals surface area contributed by atoms with E-state index in [0.29, 0.717) is 12.2 Å². The van der Waals surface area contributed by atoms with Gasteiger partial charge < -0.3 is 20.9 Å². The van der Waals surface area contributed by atoms with Gasteiger partial charge in [0.15, 0.2) is 0 Å². The van der Waals surface area contributed by atoms with Crippen LogP contribution in [-0.2, 0) is 20.9 Å². The summed E-state index contributed by atoms with van der Waals surface area (Å²) in [6, 6.07) is 5.16. The second-order valence-corrected chi connectivity index (χ2v) is 4.16. The number of aliphatic carboxylic acids is 1. The van der Waals surface area contributed by atoms with Crippen molar-refractivity contribution in [3.05, 3.63) is 35.4 Å². The number of carbonyl (C=O) groups excluding carboxylic acids is 2. The van der Waals surface area contributed by atoms with Gasteiger partial charge in [-0.1, -0.05) is 12.1 Å². The zero-order valence-electron chi connectivity index (χ0n) is 11.0. The van der Waals surface area contributed by atoms with Gasteiger partial charge in [0.05, 0.1) is 13.0 Å². The van der Waals surface area contributed by atoms with Crippen molar-refractivity contribution in [3.8, 4) is 0 Å². The monoisotopic (exact) mass is 280 g/mol. The van der Waals surface area contributed by atoms with Crippen LogP contribution >= 0.6 is 0 Å². The average molecular weight is 280 g/mol. The lowest BCUT2D eigenvalue weighted by Crippen LogP contribution is -2.43. The number of carbonyl (C=O) groups is 3. The minimum atomic E-state index is -1.33. The maximum absolute atomic E-state index is 11.9. The Hall–Kier alpha value is -2.41. The topological polar surface area (TPSA) is 119 Å². The molecule has 4 N–H and O–H groups in total. The van der Waals surface area contributed by atoms with Crippen molar-refractivity contribution in [2.75, 3.05) is 7.11 Å². The van der Waals surface area contributed by atoms with E-state index in [1.165, 1.54) is 0 Å². The molecule has 0 fully saturated rings. The Bertz CT molecular complexity index is 498. The minimum absolute atomic E-state index is 0.292. The zero-order valence-corrected chi connectivity index (χ0v) is 11.0. The molecule has 0 aliphatic heterocycles. The first-order valence-corrected chi connectivity index (χ1v) is 5.84. The molecule has 1 unspecified atom stereocenters. The van der Waals surface area contributed by atoms with Gasteiger partial charge in [0, 0.05) is 12.7 Å². The van der Waals surface area contributed by atoms with E-state index in [9.17, 15) is 14.4 Å². The van der Waals surface area contributed by atoms with E-state index in [4.69, 9.17) is 15.6 Å². The van der Waals surface area contributed by atoms with Gasteiger partial charge >= 0.3 is 5.97 Å². The van der Waals surface area contributed by atoms with Crippen LogP contribution in [0.4, 0.5) is 0 Å². The summed E-state index contributed by atoms with van der Waals surface area (Å²) < 4.78 is 4.94. The van der Waals surface area contributed by atoms with E-state index in [2.05, 4.69) is 5.32 Å². The molecule has 1 aromatic carbocycles. The number of methoxy groups -OCH3 is 1. The van der Waals surface area contributed by atoms with Crippen LogP contribution in [0.25, 0.3) is 0 Å². The van der Waals surface area contributed by atoms with Crippen molar-refractivity contribution in [1.82, 2.24) is 5.32 Å². The first kappa shape index (κ1) is 15.6. The van der Waals surface area contributed by atoms with Crippen molar-refractivity contribution >= 4 is 17.8 Å². The van der Waals surface area contributed by atoms with E-state index in [1.54, 1.807) is 31.4 Å². The summed E-state index contributed by atoms with van der Waals surface area (Å²) >= 11 is 0. The van der Waals surface area contributed by atoms with Crippen LogP contribution in [0.1, 0.15) is 22.3 Å². The molecular formula is C13H16N2O5. The molecule has 0 bridgehead atoms. The van der Waals surface area contributed by atoms with Crippen LogP contribution in [0.5, 0.6) is 0 Å². The lowest BCUT2D eigenvalue weighted by molar-refractivity contribution is -0.140. The quantitative estimate of drug-likeness (QED) is 0.644. The number of primary amides is 1. The van der Waals surface area contributed by atoms with Crippen molar-refractivity contribution in [1.29, 1.82) is 0 Å². The number of carboxylic acid groups (broad SMARTS) is 1. The fraction of sp³-hybridized carbons (Fsp3) is 0.308. The molecule has 1 atom stereocenters. The molecule has 0 heterocycles. The molecule has 2 amide bonds. The van der Waals surface area contributed by atoms with Crippen LogP contribution in [0.15, 0.2) is 24.3 Å². The van der Waals surface area contributed by atoms with Crippen LogP contribution in [0.2, 0.25) is 0 Å². The molecule has 1 rings (SSSR count). The van der Waals surface area contributed by atoms with Crippen molar-refractivity contribution in [2.24, 2.45) is 5.73 Å². The standard InChI is InChI=1S/C13H16N2O5/c1-20-7-8-2-4-9(5-3-8)12(17)15-10(13(18)19)6-11(14)16/h2-5,10H,6-7H2,1H3,(H2,14,16)(H,15,17)(H,18,19). The smallest absolute Gasteiger partial charge is 0.326 e. The Morgan fingerprint density at radius 1 is 1.30 bits per heavy atom. The van der Waals surface area contributed by atoms with Crippen LogP contribution in [-0.4, -0.2) is 36.0 Å². The molecule has 108 valence electrons. The van der Waals surface area contributed by atoms with E-state index in [0.717, 1.165) is 5.56 Å². The molecular weight excluding hydrogens is 264 g/mol. The van der Waals surface area contributed by atoms with Crippen molar-refractivity contribution in [3.63, 3.8) is 0 Å². The fourth-order valence-corrected chi connectivity index (χ4v) is 1.56. The second-order valence-electron chi connectivity index (χ2n) is 4.16. The normalized spacial score (nSPS) is 11.7. The Balaban J connectivity index is 2.73. The molecule has 1 aromatic rings. The summed E-state index contributed by atoms with van der Waals surface area (Å²) in [5, 5.41) is 11.1. The lowest BCUT2D eigenvalue weighted by atomic mass is 10.1. The molecule has 0 aromatic heterocycles. The van der Waals surface area contributed by atoms with Crippen molar-refractivity contribution in [2.45, 2.75) is 19.1 Å². The number of rotatable bonds is 7. The van der Waals surface area contributed by atoms with Crippen LogP contribution < -0.4 is 11.1 Å². The number of hydrogen-bond acceptors (Lipinski definition) is 4. The number of hydrogen-bond donors (Lipinski definition) is 3. The molecule has 0 spiro atoms. The SMILES string of the molecule is COCc1ccc(C(=O)NC(CC(N)=O)C(=O)O)cc1. The molecule has 0 aliphatic carbocycles. The highest BCUT2D eigenvalue weighted by atomic mass is 16.5. The van der Waals surface area contributed by atoms with Gasteiger partial charge in [-0.05, 0) is 17.7 Å². The maximum atomic E-state index is 11.9. The van der Waals surface area contributed by atoms with E-state index in [-0.39, 0.29) is 0 Å². The Morgan fingerprint density at radius 3 is 2.35 bits per heavy atom. The number of carboxylic acids is 1. The summed E-state index contributed by atoms with van der Waals surface area (Å²) in [7, 11) is 1.56. The predicted molar refractivity (Wildman–Crippen MR) is 69.9 cm³/mol. The highest BCUT2D eigenvalue weighted by Gasteiger charge is 2.22. The number of amides is 2. The molecule has 7 nitrogen and oxygen atoms in total. The van der Waals surface area contributed by atoms with Gasteiger partial charge in [0.25, 0.3) is 5.91 Å². The van der Waals surface area contributed by atoms with E-state index < -0.39 is 30.2 Å². The minimum Gasteiger partial charge on any atom is -0.480 e. The third-order valence-corrected chi connectivity index (χ3v) is 2.54. The molecule has 0 saturated heterocycles. The molecule has 0 aliphatic rings. The van der Waals surface area contributed by atoms with Crippen molar-refractivity contribution < 1.29 is 24.2 Å². The van der Waals surface area contributed by atoms with Gasteiger partial charge in [-0.2, -0.15) is 0 Å². The molecule has 20 heavy (non-hydrogen) atoms. The van der Waals surface area contributed by atoms with E-state index in [1.807, 2.05) is 0 Å². The number of ether oxygens (including phenoxy) is 1. The maximum Gasteiger partial charge on any atom is 0.326 e. The van der Waals surface area contributed by atoms with Gasteiger partial charge in [0.1, 0.15) is 6.04 Å². The van der Waals surface area contributed by atoms with Gasteiger partial charge in [-0.3, -0.25) is 9.59 Å². The zero-order chi connectivity index (χ0) is 15.1. The lowest BCUT2D eigenvalue weighted by Gasteiger charge is -2.13. The summed E-state index contributed by atoms with van der Waals surface area (Å²) in [6.45, 7) is 0.418. The van der Waals surface area contributed by atoms with Gasteiger partial charge in [0.2, 0.25) is 5.91 Å². The average Bonchev–Trinajstić information content (AvgIpc) is 2.38. The summed E-state index contributed by atoms with van der Waals surface area (Å²) in [6.07, 6.45) is -0.456. The predicted octanol–water partition coefficient (Wildman–Crippen LogP) is -0.109. The largest absolute Gasteiger partial charge is 0.480 e. The Kier molecular flexibility index (Phi) is 5.67. The summed E-state index contributed by atoms with van der Waals surface area (Å²) in [5.74, 6) is -2.69. The summed E-state index contributed by atoms with van der Waals surface area (Å²) in [5.41, 5.74) is 6.11. The fourth-order valence-electron chi connectivity index (χ4n) is 1.56. The summed E-state index contributed by atoms with van der Waals surface area (Å²) in [4.78, 5) is 33.5. The van der Waals surface area contributed by atoms with Gasteiger partial charge in [-0.15, -0.1) is 0 Å². The number of nitrogens with two attached hydrogens (primary N) is 1. The number of nitrogens with one attached hydrogen (secondary N) is 1. The van der Waals surface area contributed by atoms with Crippen LogP contribution in [0.3, 0.4) is 0 Å². The molecule has 0 saturated carbocycles.